The molecule has 1 rings (SSSR count). The van der Waals surface area contributed by atoms with E-state index in [1.54, 1.807) is 0 Å². The number of hydrogen-bond donors (Lipinski definition) is 1. The molecule has 0 aliphatic rings. The average molecular weight is 334 g/mol. The van der Waals surface area contributed by atoms with Crippen molar-refractivity contribution in [1.29, 1.82) is 0 Å². The Kier molecular flexibility index (Phi) is 5.82. The lowest BCUT2D eigenvalue weighted by Gasteiger charge is -2.17. The Morgan fingerprint density at radius 2 is 2.00 bits per heavy atom. The van der Waals surface area contributed by atoms with Gasteiger partial charge in [0.1, 0.15) is 9.84 Å². The fourth-order valence-electron chi connectivity index (χ4n) is 1.99. The van der Waals surface area contributed by atoms with E-state index in [9.17, 15) is 8.42 Å². The molecule has 5 heteroatoms. The Hall–Kier alpha value is -0.390. The molecule has 0 radical (unpaired) electrons. The second-order valence-corrected chi connectivity index (χ2v) is 7.85. The van der Waals surface area contributed by atoms with Gasteiger partial charge in [-0.25, -0.2) is 8.42 Å². The van der Waals surface area contributed by atoms with Crippen LogP contribution in [-0.4, -0.2) is 27.5 Å². The highest BCUT2D eigenvalue weighted by Crippen LogP contribution is 2.23. The number of hydrogen-bond acceptors (Lipinski definition) is 3. The lowest BCUT2D eigenvalue weighted by atomic mass is 10.0. The highest BCUT2D eigenvalue weighted by Gasteiger charge is 2.11. The minimum atomic E-state index is -2.86. The fourth-order valence-corrected chi connectivity index (χ4v) is 3.31. The minimum absolute atomic E-state index is 0.197. The second kappa shape index (κ2) is 6.68. The quantitative estimate of drug-likeness (QED) is 0.870. The molecule has 0 heterocycles. The van der Waals surface area contributed by atoms with Crippen LogP contribution in [0.1, 0.15) is 30.0 Å². The van der Waals surface area contributed by atoms with Crippen LogP contribution >= 0.6 is 15.9 Å². The Morgan fingerprint density at radius 3 is 2.50 bits per heavy atom. The van der Waals surface area contributed by atoms with Crippen LogP contribution in [0.4, 0.5) is 0 Å². The molecule has 1 aromatic rings. The Morgan fingerprint density at radius 1 is 1.33 bits per heavy atom. The van der Waals surface area contributed by atoms with E-state index >= 15 is 0 Å². The SMILES string of the molecule is CNC(CCCS(C)(=O)=O)c1cc(C)cc(Br)c1. The summed E-state index contributed by atoms with van der Waals surface area (Å²) in [6, 6.07) is 6.47. The maximum atomic E-state index is 11.1. The van der Waals surface area contributed by atoms with Crippen molar-refractivity contribution in [1.82, 2.24) is 5.32 Å². The molecular weight excluding hydrogens is 314 g/mol. The van der Waals surface area contributed by atoms with Gasteiger partial charge in [0.25, 0.3) is 0 Å². The van der Waals surface area contributed by atoms with E-state index in [2.05, 4.69) is 46.4 Å². The van der Waals surface area contributed by atoms with Gasteiger partial charge in [0.15, 0.2) is 0 Å². The summed E-state index contributed by atoms with van der Waals surface area (Å²) in [4.78, 5) is 0. The van der Waals surface area contributed by atoms with Gasteiger partial charge in [-0.3, -0.25) is 0 Å². The average Bonchev–Trinajstić information content (AvgIpc) is 2.21. The molecule has 0 aliphatic carbocycles. The fraction of sp³-hybridized carbons (Fsp3) is 0.538. The lowest BCUT2D eigenvalue weighted by molar-refractivity contribution is 0.536. The molecule has 1 aromatic carbocycles. The third-order valence-electron chi connectivity index (χ3n) is 2.82. The Balaban J connectivity index is 2.71. The summed E-state index contributed by atoms with van der Waals surface area (Å²) in [6.45, 7) is 2.05. The monoisotopic (exact) mass is 333 g/mol. The first-order valence-corrected chi connectivity index (χ1v) is 8.79. The predicted molar refractivity (Wildman–Crippen MR) is 79.6 cm³/mol. The Labute approximate surface area is 118 Å². The predicted octanol–water partition coefficient (Wildman–Crippen LogP) is 2.84. The van der Waals surface area contributed by atoms with Crippen LogP contribution in [-0.2, 0) is 9.84 Å². The summed E-state index contributed by atoms with van der Waals surface area (Å²) >= 11 is 3.49. The topological polar surface area (TPSA) is 46.2 Å². The highest BCUT2D eigenvalue weighted by atomic mass is 79.9. The zero-order valence-corrected chi connectivity index (χ0v) is 13.4. The summed E-state index contributed by atoms with van der Waals surface area (Å²) in [7, 11) is -0.959. The number of nitrogens with one attached hydrogen (secondary N) is 1. The molecule has 3 nitrogen and oxygen atoms in total. The van der Waals surface area contributed by atoms with E-state index in [1.807, 2.05) is 7.05 Å². The third-order valence-corrected chi connectivity index (χ3v) is 4.31. The maximum absolute atomic E-state index is 11.1. The zero-order chi connectivity index (χ0) is 13.8. The van der Waals surface area contributed by atoms with Crippen molar-refractivity contribution in [3.05, 3.63) is 33.8 Å². The van der Waals surface area contributed by atoms with Crippen LogP contribution in [0, 0.1) is 6.92 Å². The van der Waals surface area contributed by atoms with Gasteiger partial charge in [0.2, 0.25) is 0 Å². The van der Waals surface area contributed by atoms with Crippen molar-refractivity contribution in [2.24, 2.45) is 0 Å². The van der Waals surface area contributed by atoms with Crippen LogP contribution in [0.15, 0.2) is 22.7 Å². The van der Waals surface area contributed by atoms with Crippen LogP contribution in [0.3, 0.4) is 0 Å². The molecule has 0 bridgehead atoms. The van der Waals surface area contributed by atoms with E-state index in [0.717, 1.165) is 10.9 Å². The molecule has 1 N–H and O–H groups in total. The van der Waals surface area contributed by atoms with E-state index < -0.39 is 9.84 Å². The van der Waals surface area contributed by atoms with Crippen LogP contribution in [0.2, 0.25) is 0 Å². The highest BCUT2D eigenvalue weighted by molar-refractivity contribution is 9.10. The van der Waals surface area contributed by atoms with Crippen LogP contribution in [0.5, 0.6) is 0 Å². The van der Waals surface area contributed by atoms with Crippen LogP contribution < -0.4 is 5.32 Å². The van der Waals surface area contributed by atoms with Gasteiger partial charge < -0.3 is 5.32 Å². The molecule has 1 unspecified atom stereocenters. The molecule has 0 spiro atoms. The summed E-state index contributed by atoms with van der Waals surface area (Å²) in [6.07, 6.45) is 2.78. The summed E-state index contributed by atoms with van der Waals surface area (Å²) in [5.74, 6) is 0.248. The van der Waals surface area contributed by atoms with Gasteiger partial charge in [-0.1, -0.05) is 22.0 Å². The molecule has 0 amide bonds. The van der Waals surface area contributed by atoms with E-state index in [4.69, 9.17) is 0 Å². The summed E-state index contributed by atoms with van der Waals surface area (Å²) < 4.78 is 23.3. The van der Waals surface area contributed by atoms with Crippen molar-refractivity contribution in [3.8, 4) is 0 Å². The number of aryl methyl sites for hydroxylation is 1. The molecule has 0 aliphatic heterocycles. The van der Waals surface area contributed by atoms with E-state index in [0.29, 0.717) is 6.42 Å². The molecule has 1 atom stereocenters. The molecule has 0 saturated heterocycles. The van der Waals surface area contributed by atoms with Crippen molar-refractivity contribution < 1.29 is 8.42 Å². The van der Waals surface area contributed by atoms with Crippen molar-refractivity contribution in [3.63, 3.8) is 0 Å². The van der Waals surface area contributed by atoms with Gasteiger partial charge in [0, 0.05) is 22.5 Å². The van der Waals surface area contributed by atoms with Crippen molar-refractivity contribution in [2.45, 2.75) is 25.8 Å². The third kappa shape index (κ3) is 5.50. The van der Waals surface area contributed by atoms with Crippen molar-refractivity contribution >= 4 is 25.8 Å². The summed E-state index contributed by atoms with van der Waals surface area (Å²) in [5, 5.41) is 3.24. The molecule has 0 saturated carbocycles. The standard InChI is InChI=1S/C13H20BrNO2S/c1-10-7-11(9-12(14)8-10)13(15-2)5-4-6-18(3,16)17/h7-9,13,15H,4-6H2,1-3H3. The number of rotatable bonds is 6. The minimum Gasteiger partial charge on any atom is -0.313 e. The first-order chi connectivity index (χ1) is 8.31. The first-order valence-electron chi connectivity index (χ1n) is 5.94. The van der Waals surface area contributed by atoms with Gasteiger partial charge in [-0.15, -0.1) is 0 Å². The number of benzene rings is 1. The maximum Gasteiger partial charge on any atom is 0.147 e. The van der Waals surface area contributed by atoms with Gasteiger partial charge in [-0.2, -0.15) is 0 Å². The van der Waals surface area contributed by atoms with Crippen molar-refractivity contribution in [2.75, 3.05) is 19.1 Å². The molecule has 0 aromatic heterocycles. The van der Waals surface area contributed by atoms with Gasteiger partial charge >= 0.3 is 0 Å². The molecule has 102 valence electrons. The lowest BCUT2D eigenvalue weighted by Crippen LogP contribution is -2.17. The van der Waals surface area contributed by atoms with E-state index in [-0.39, 0.29) is 11.8 Å². The van der Waals surface area contributed by atoms with Gasteiger partial charge in [-0.05, 0) is 50.1 Å². The number of halogens is 1. The smallest absolute Gasteiger partial charge is 0.147 e. The normalized spacial score (nSPS) is 13.6. The molecule has 0 fully saturated rings. The van der Waals surface area contributed by atoms with Crippen LogP contribution in [0.25, 0.3) is 0 Å². The van der Waals surface area contributed by atoms with E-state index in [1.165, 1.54) is 17.4 Å². The largest absolute Gasteiger partial charge is 0.313 e. The number of sulfone groups is 1. The molecule has 18 heavy (non-hydrogen) atoms. The molecular formula is C13H20BrNO2S. The van der Waals surface area contributed by atoms with Gasteiger partial charge in [0.05, 0.1) is 0 Å². The summed E-state index contributed by atoms with van der Waals surface area (Å²) in [5.41, 5.74) is 2.39. The Bertz CT molecular complexity index is 479. The second-order valence-electron chi connectivity index (χ2n) is 4.68. The zero-order valence-electron chi connectivity index (χ0n) is 11.0. The first kappa shape index (κ1) is 15.7.